The van der Waals surface area contributed by atoms with E-state index in [0.717, 1.165) is 14.2 Å². The van der Waals surface area contributed by atoms with Crippen LogP contribution in [0.4, 0.5) is 19.4 Å². The van der Waals surface area contributed by atoms with Crippen molar-refractivity contribution in [2.45, 2.75) is 32.4 Å². The smallest absolute Gasteiger partial charge is 0.447 e. The van der Waals surface area contributed by atoms with Crippen LogP contribution in [0.5, 0.6) is 0 Å². The standard InChI is InChI=1S/C28H33ClF2N5O8P/c1-18(37)36(34-15-20-6-4-8-24(31)27(20)29)23(7-5-11-32-26(38)17-44-45(40,41-2)42-3)16-43-28(39)35-25-13-21-12-22(30)10-9-19(21)14-33-25/h4,6,8-10,12-14,23,34H,5,7,11,15-17H2,1-3H3,(H,32,38)(H,33,35,39)/t23-/m0/s1. The number of benzene rings is 2. The van der Waals surface area contributed by atoms with E-state index in [2.05, 4.69) is 30.1 Å². The second kappa shape index (κ2) is 17.1. The lowest BCUT2D eigenvalue weighted by Crippen LogP contribution is -2.50. The Morgan fingerprint density at radius 1 is 1.09 bits per heavy atom. The van der Waals surface area contributed by atoms with Crippen LogP contribution in [-0.2, 0) is 39.0 Å². The third-order valence-electron chi connectivity index (χ3n) is 6.33. The third-order valence-corrected chi connectivity index (χ3v) is 8.10. The van der Waals surface area contributed by atoms with Crippen molar-refractivity contribution in [3.63, 3.8) is 0 Å². The fraction of sp³-hybridized carbons (Fsp3) is 0.357. The molecule has 0 bridgehead atoms. The van der Waals surface area contributed by atoms with Gasteiger partial charge in [0.05, 0.1) is 11.1 Å². The Kier molecular flexibility index (Phi) is 13.6. The minimum absolute atomic E-state index is 0.0242. The van der Waals surface area contributed by atoms with Crippen LogP contribution < -0.4 is 16.1 Å². The molecule has 1 heterocycles. The molecular weight excluding hydrogens is 639 g/mol. The van der Waals surface area contributed by atoms with Crippen molar-refractivity contribution in [1.29, 1.82) is 0 Å². The second-order valence-electron chi connectivity index (χ2n) is 9.45. The minimum Gasteiger partial charge on any atom is -0.447 e. The Bertz CT molecular complexity index is 1540. The number of amides is 3. The number of rotatable bonds is 16. The van der Waals surface area contributed by atoms with Crippen molar-refractivity contribution >= 4 is 53.9 Å². The molecule has 244 valence electrons. The number of hydrogen-bond donors (Lipinski definition) is 3. The number of hydrazine groups is 1. The average Bonchev–Trinajstić information content (AvgIpc) is 3.01. The Morgan fingerprint density at radius 2 is 1.84 bits per heavy atom. The number of phosphoric ester groups is 1. The summed E-state index contributed by atoms with van der Waals surface area (Å²) in [6.07, 6.45) is 1.11. The van der Waals surface area contributed by atoms with Crippen LogP contribution in [0.25, 0.3) is 10.8 Å². The molecule has 0 spiro atoms. The predicted octanol–water partition coefficient (Wildman–Crippen LogP) is 4.95. The summed E-state index contributed by atoms with van der Waals surface area (Å²) in [4.78, 5) is 41.5. The lowest BCUT2D eigenvalue weighted by molar-refractivity contribution is -0.136. The Morgan fingerprint density at radius 3 is 2.56 bits per heavy atom. The van der Waals surface area contributed by atoms with Crippen LogP contribution in [0, 0.1) is 11.6 Å². The highest BCUT2D eigenvalue weighted by molar-refractivity contribution is 7.48. The van der Waals surface area contributed by atoms with Gasteiger partial charge >= 0.3 is 13.9 Å². The zero-order valence-corrected chi connectivity index (χ0v) is 26.3. The molecular formula is C28H33ClF2N5O8P. The molecule has 0 saturated heterocycles. The lowest BCUT2D eigenvalue weighted by Gasteiger charge is -2.31. The van der Waals surface area contributed by atoms with E-state index >= 15 is 0 Å². The van der Waals surface area contributed by atoms with Crippen molar-refractivity contribution in [2.75, 3.05) is 39.3 Å². The first-order valence-electron chi connectivity index (χ1n) is 13.5. The molecule has 3 rings (SSSR count). The van der Waals surface area contributed by atoms with Crippen molar-refractivity contribution in [2.24, 2.45) is 0 Å². The molecule has 3 aromatic rings. The second-order valence-corrected chi connectivity index (χ2v) is 11.7. The molecule has 0 unspecified atom stereocenters. The largest absolute Gasteiger partial charge is 0.474 e. The Hall–Kier alpha value is -3.72. The van der Waals surface area contributed by atoms with Crippen molar-refractivity contribution < 1.29 is 46.0 Å². The van der Waals surface area contributed by atoms with Crippen LogP contribution in [0.1, 0.15) is 25.3 Å². The molecule has 0 aliphatic carbocycles. The maximum absolute atomic E-state index is 13.9. The summed E-state index contributed by atoms with van der Waals surface area (Å²) >= 11 is 6.06. The van der Waals surface area contributed by atoms with E-state index in [1.807, 2.05) is 0 Å². The molecule has 13 nitrogen and oxygen atoms in total. The first kappa shape index (κ1) is 35.8. The first-order valence-corrected chi connectivity index (χ1v) is 15.4. The fourth-order valence-electron chi connectivity index (χ4n) is 4.07. The zero-order valence-electron chi connectivity index (χ0n) is 24.7. The highest BCUT2D eigenvalue weighted by Gasteiger charge is 2.25. The number of fused-ring (bicyclic) bond motifs is 1. The number of hydrogen-bond acceptors (Lipinski definition) is 10. The van der Waals surface area contributed by atoms with Crippen LogP contribution in [0.3, 0.4) is 0 Å². The number of pyridine rings is 1. The number of phosphoric acid groups is 1. The molecule has 3 N–H and O–H groups in total. The summed E-state index contributed by atoms with van der Waals surface area (Å²) in [7, 11) is -1.61. The monoisotopic (exact) mass is 671 g/mol. The topological polar surface area (TPSA) is 157 Å². The van der Waals surface area contributed by atoms with Crippen LogP contribution >= 0.6 is 19.4 Å². The zero-order chi connectivity index (χ0) is 33.0. The lowest BCUT2D eigenvalue weighted by atomic mass is 10.1. The van der Waals surface area contributed by atoms with Gasteiger partial charge in [-0.1, -0.05) is 23.7 Å². The molecule has 0 aliphatic heterocycles. The summed E-state index contributed by atoms with van der Waals surface area (Å²) in [5, 5.41) is 7.35. The Labute approximate surface area is 263 Å². The van der Waals surface area contributed by atoms with Crippen LogP contribution in [-0.4, -0.2) is 67.9 Å². The van der Waals surface area contributed by atoms with Gasteiger partial charge in [-0.3, -0.25) is 33.5 Å². The molecule has 3 amide bonds. The SMILES string of the molecule is COP(=O)(OC)OCC(=O)NCCC[C@@H](COC(=O)Nc1cc2cc(F)ccc2cn1)N(NCc1cccc(F)c1Cl)C(C)=O. The summed E-state index contributed by atoms with van der Waals surface area (Å²) in [5.74, 6) is -1.99. The summed E-state index contributed by atoms with van der Waals surface area (Å²) in [6.45, 7) is 0.502. The van der Waals surface area contributed by atoms with Gasteiger partial charge in [-0.15, -0.1) is 0 Å². The molecule has 0 aliphatic rings. The number of carbonyl (C=O) groups excluding carboxylic acids is 3. The number of halogens is 3. The highest BCUT2D eigenvalue weighted by atomic mass is 35.5. The first-order chi connectivity index (χ1) is 21.4. The van der Waals surface area contributed by atoms with E-state index in [0.29, 0.717) is 22.8 Å². The third kappa shape index (κ3) is 11.0. The maximum atomic E-state index is 13.9. The maximum Gasteiger partial charge on any atom is 0.474 e. The van der Waals surface area contributed by atoms with Gasteiger partial charge in [-0.2, -0.15) is 0 Å². The number of carbonyl (C=O) groups is 3. The van der Waals surface area contributed by atoms with Crippen molar-refractivity contribution in [3.8, 4) is 0 Å². The van der Waals surface area contributed by atoms with Gasteiger partial charge in [0.15, 0.2) is 0 Å². The van der Waals surface area contributed by atoms with Gasteiger partial charge in [0, 0.05) is 45.8 Å². The average molecular weight is 672 g/mol. The summed E-state index contributed by atoms with van der Waals surface area (Å²) < 4.78 is 59.0. The molecule has 0 fully saturated rings. The molecule has 45 heavy (non-hydrogen) atoms. The molecule has 1 aromatic heterocycles. The number of anilines is 1. The van der Waals surface area contributed by atoms with E-state index < -0.39 is 50.0 Å². The fourth-order valence-corrected chi connectivity index (χ4v) is 4.89. The van der Waals surface area contributed by atoms with E-state index in [1.54, 1.807) is 12.1 Å². The van der Waals surface area contributed by atoms with Gasteiger partial charge in [0.1, 0.15) is 30.7 Å². The van der Waals surface area contributed by atoms with Gasteiger partial charge in [0.2, 0.25) is 11.8 Å². The summed E-state index contributed by atoms with van der Waals surface area (Å²) in [5.41, 5.74) is 3.29. The molecule has 17 heteroatoms. The van der Waals surface area contributed by atoms with E-state index in [-0.39, 0.29) is 37.0 Å². The van der Waals surface area contributed by atoms with E-state index in [9.17, 15) is 27.7 Å². The predicted molar refractivity (Wildman–Crippen MR) is 161 cm³/mol. The molecule has 0 saturated carbocycles. The van der Waals surface area contributed by atoms with Crippen molar-refractivity contribution in [1.82, 2.24) is 20.7 Å². The van der Waals surface area contributed by atoms with Gasteiger partial charge in [0.25, 0.3) is 0 Å². The quantitative estimate of drug-likeness (QED) is 0.108. The highest BCUT2D eigenvalue weighted by Crippen LogP contribution is 2.47. The molecule has 2 aromatic carbocycles. The summed E-state index contributed by atoms with van der Waals surface area (Å²) in [6, 6.07) is 9.13. The van der Waals surface area contributed by atoms with Crippen LogP contribution in [0.2, 0.25) is 5.02 Å². The minimum atomic E-state index is -3.83. The van der Waals surface area contributed by atoms with Crippen molar-refractivity contribution in [3.05, 3.63) is 70.9 Å². The van der Waals surface area contributed by atoms with E-state index in [4.69, 9.17) is 20.9 Å². The Balaban J connectivity index is 1.64. The van der Waals surface area contributed by atoms with Gasteiger partial charge < -0.3 is 10.1 Å². The number of aromatic nitrogens is 1. The van der Waals surface area contributed by atoms with Crippen LogP contribution in [0.15, 0.2) is 48.7 Å². The number of nitrogens with one attached hydrogen (secondary N) is 3. The number of ether oxygens (including phenoxy) is 1. The normalized spacial score (nSPS) is 12.0. The van der Waals surface area contributed by atoms with Gasteiger partial charge in [-0.05, 0) is 54.1 Å². The molecule has 0 radical (unpaired) electrons. The molecule has 1 atom stereocenters. The number of nitrogens with zero attached hydrogens (tertiary/aromatic N) is 2. The van der Waals surface area contributed by atoms with Gasteiger partial charge in [-0.25, -0.2) is 28.6 Å². The van der Waals surface area contributed by atoms with E-state index in [1.165, 1.54) is 48.5 Å².